The number of alkyl halides is 3. The molecule has 0 atom stereocenters. The van der Waals surface area contributed by atoms with Crippen LogP contribution in [0, 0.1) is 0 Å². The highest BCUT2D eigenvalue weighted by Crippen LogP contribution is 2.12. The van der Waals surface area contributed by atoms with Crippen LogP contribution in [0.15, 0.2) is 0 Å². The summed E-state index contributed by atoms with van der Waals surface area (Å²) in [4.78, 5) is 12.4. The van der Waals surface area contributed by atoms with E-state index in [0.717, 1.165) is 19.3 Å². The lowest BCUT2D eigenvalue weighted by Crippen LogP contribution is -2.42. The third-order valence-electron chi connectivity index (χ3n) is 1.98. The van der Waals surface area contributed by atoms with Gasteiger partial charge >= 0.3 is 12.2 Å². The Hall–Kier alpha value is -0.980. The number of halogens is 3. The molecule has 0 aliphatic rings. The van der Waals surface area contributed by atoms with Crippen molar-refractivity contribution >= 4 is 6.03 Å². The predicted molar refractivity (Wildman–Crippen MR) is 55.0 cm³/mol. The first kappa shape index (κ1) is 15.0. The highest BCUT2D eigenvalue weighted by atomic mass is 19.4. The van der Waals surface area contributed by atoms with Crippen molar-refractivity contribution in [2.75, 3.05) is 26.7 Å². The normalized spacial score (nSPS) is 11.3. The zero-order valence-electron chi connectivity index (χ0n) is 9.31. The first-order valence-corrected chi connectivity index (χ1v) is 5.12. The van der Waals surface area contributed by atoms with Crippen molar-refractivity contribution in [3.05, 3.63) is 0 Å². The number of carbonyl (C=O) groups excluding carboxylic acids is 1. The molecule has 0 spiro atoms. The summed E-state index contributed by atoms with van der Waals surface area (Å²) in [7, 11) is 1.47. The zero-order valence-corrected chi connectivity index (χ0v) is 9.31. The molecule has 0 aromatic heterocycles. The topological polar surface area (TPSA) is 58.4 Å². The van der Waals surface area contributed by atoms with Crippen molar-refractivity contribution in [3.8, 4) is 0 Å². The number of hydrogen-bond donors (Lipinski definition) is 2. The Bertz CT molecular complexity index is 209. The molecule has 7 heteroatoms. The van der Waals surface area contributed by atoms with E-state index in [1.165, 1.54) is 11.9 Å². The molecule has 0 bridgehead atoms. The summed E-state index contributed by atoms with van der Waals surface area (Å²) in [5.41, 5.74) is 5.28. The number of unbranched alkanes of at least 4 members (excludes halogenated alkanes) is 2. The fourth-order valence-electron chi connectivity index (χ4n) is 1.08. The number of nitrogens with zero attached hydrogens (tertiary/aromatic N) is 1. The second kappa shape index (κ2) is 7.32. The van der Waals surface area contributed by atoms with Crippen LogP contribution in [0.3, 0.4) is 0 Å². The Balaban J connectivity index is 3.65. The minimum absolute atomic E-state index is 0.434. The van der Waals surface area contributed by atoms with Crippen molar-refractivity contribution in [1.82, 2.24) is 10.2 Å². The average molecular weight is 241 g/mol. The molecular weight excluding hydrogens is 223 g/mol. The number of nitrogens with one attached hydrogen (secondary N) is 1. The highest BCUT2D eigenvalue weighted by Gasteiger charge is 2.28. The Labute approximate surface area is 93.0 Å². The first-order chi connectivity index (χ1) is 7.37. The Morgan fingerprint density at radius 3 is 2.44 bits per heavy atom. The van der Waals surface area contributed by atoms with Crippen molar-refractivity contribution in [3.63, 3.8) is 0 Å². The van der Waals surface area contributed by atoms with E-state index < -0.39 is 18.8 Å². The maximum absolute atomic E-state index is 11.8. The first-order valence-electron chi connectivity index (χ1n) is 5.12. The zero-order chi connectivity index (χ0) is 12.6. The van der Waals surface area contributed by atoms with Gasteiger partial charge in [-0.05, 0) is 19.4 Å². The van der Waals surface area contributed by atoms with Gasteiger partial charge in [0.2, 0.25) is 0 Å². The van der Waals surface area contributed by atoms with E-state index in [2.05, 4.69) is 0 Å². The molecule has 0 saturated carbocycles. The molecule has 2 amide bonds. The smallest absolute Gasteiger partial charge is 0.330 e. The van der Waals surface area contributed by atoms with Crippen molar-refractivity contribution in [1.29, 1.82) is 0 Å². The molecule has 3 N–H and O–H groups in total. The molecule has 0 saturated heterocycles. The molecule has 0 aromatic carbocycles. The van der Waals surface area contributed by atoms with E-state index in [1.54, 1.807) is 5.32 Å². The molecule has 0 aromatic rings. The summed E-state index contributed by atoms with van der Waals surface area (Å²) < 4.78 is 35.4. The molecule has 0 unspecified atom stereocenters. The molecule has 0 rings (SSSR count). The van der Waals surface area contributed by atoms with Crippen LogP contribution < -0.4 is 11.1 Å². The second-order valence-electron chi connectivity index (χ2n) is 3.54. The third-order valence-corrected chi connectivity index (χ3v) is 1.98. The Kier molecular flexibility index (Phi) is 6.87. The predicted octanol–water partition coefficient (Wildman–Crippen LogP) is 1.32. The number of nitrogens with two attached hydrogens (primary N) is 1. The fourth-order valence-corrected chi connectivity index (χ4v) is 1.08. The summed E-state index contributed by atoms with van der Waals surface area (Å²) >= 11 is 0. The Morgan fingerprint density at radius 1 is 1.31 bits per heavy atom. The standard InChI is InChI=1S/C9H18F3N3O/c1-15(6-4-2-3-5-13)8(16)14-7-9(10,11)12/h2-7,13H2,1H3,(H,14,16). The van der Waals surface area contributed by atoms with E-state index >= 15 is 0 Å². The number of hydrogen-bond acceptors (Lipinski definition) is 2. The summed E-state index contributed by atoms with van der Waals surface area (Å²) in [5.74, 6) is 0. The van der Waals surface area contributed by atoms with Gasteiger partial charge in [0.05, 0.1) is 0 Å². The van der Waals surface area contributed by atoms with Crippen molar-refractivity contribution < 1.29 is 18.0 Å². The van der Waals surface area contributed by atoms with Crippen LogP contribution in [0.4, 0.5) is 18.0 Å². The van der Waals surface area contributed by atoms with Gasteiger partial charge in [-0.3, -0.25) is 0 Å². The quantitative estimate of drug-likeness (QED) is 0.689. The number of urea groups is 1. The fraction of sp³-hybridized carbons (Fsp3) is 0.889. The maximum Gasteiger partial charge on any atom is 0.405 e. The Morgan fingerprint density at radius 2 is 1.94 bits per heavy atom. The van der Waals surface area contributed by atoms with Gasteiger partial charge in [0.15, 0.2) is 0 Å². The average Bonchev–Trinajstić information content (AvgIpc) is 2.19. The highest BCUT2D eigenvalue weighted by molar-refractivity contribution is 5.73. The van der Waals surface area contributed by atoms with Gasteiger partial charge < -0.3 is 16.0 Å². The largest absolute Gasteiger partial charge is 0.405 e. The lowest BCUT2D eigenvalue weighted by molar-refractivity contribution is -0.123. The van der Waals surface area contributed by atoms with Crippen LogP contribution in [0.25, 0.3) is 0 Å². The number of amides is 2. The van der Waals surface area contributed by atoms with E-state index in [0.29, 0.717) is 13.1 Å². The third kappa shape index (κ3) is 8.34. The van der Waals surface area contributed by atoms with Crippen LogP contribution in [0.2, 0.25) is 0 Å². The summed E-state index contributed by atoms with van der Waals surface area (Å²) in [6.45, 7) is -0.271. The summed E-state index contributed by atoms with van der Waals surface area (Å²) in [5, 5.41) is 1.80. The lowest BCUT2D eigenvalue weighted by Gasteiger charge is -2.18. The molecule has 4 nitrogen and oxygen atoms in total. The maximum atomic E-state index is 11.8. The van der Waals surface area contributed by atoms with Gasteiger partial charge in [0.25, 0.3) is 0 Å². The molecular formula is C9H18F3N3O. The molecule has 0 radical (unpaired) electrons. The monoisotopic (exact) mass is 241 g/mol. The number of carbonyl (C=O) groups is 1. The van der Waals surface area contributed by atoms with E-state index in [4.69, 9.17) is 5.73 Å². The SMILES string of the molecule is CN(CCCCCN)C(=O)NCC(F)(F)F. The molecule has 16 heavy (non-hydrogen) atoms. The van der Waals surface area contributed by atoms with Gasteiger partial charge in [-0.1, -0.05) is 6.42 Å². The van der Waals surface area contributed by atoms with E-state index in [1.807, 2.05) is 0 Å². The molecule has 0 aliphatic heterocycles. The minimum atomic E-state index is -4.37. The van der Waals surface area contributed by atoms with Gasteiger partial charge in [0.1, 0.15) is 6.54 Å². The summed E-state index contributed by atoms with van der Waals surface area (Å²) in [6, 6.07) is -0.704. The second-order valence-corrected chi connectivity index (χ2v) is 3.54. The van der Waals surface area contributed by atoms with Crippen LogP contribution >= 0.6 is 0 Å². The van der Waals surface area contributed by atoms with Gasteiger partial charge in [-0.25, -0.2) is 4.79 Å². The van der Waals surface area contributed by atoms with Crippen LogP contribution in [-0.2, 0) is 0 Å². The van der Waals surface area contributed by atoms with E-state index in [9.17, 15) is 18.0 Å². The molecule has 96 valence electrons. The minimum Gasteiger partial charge on any atom is -0.330 e. The van der Waals surface area contributed by atoms with Crippen molar-refractivity contribution in [2.45, 2.75) is 25.4 Å². The van der Waals surface area contributed by atoms with Crippen molar-refractivity contribution in [2.24, 2.45) is 5.73 Å². The van der Waals surface area contributed by atoms with Crippen LogP contribution in [-0.4, -0.2) is 43.8 Å². The molecule has 0 fully saturated rings. The van der Waals surface area contributed by atoms with Crippen LogP contribution in [0.1, 0.15) is 19.3 Å². The van der Waals surface area contributed by atoms with Crippen LogP contribution in [0.5, 0.6) is 0 Å². The summed E-state index contributed by atoms with van der Waals surface area (Å²) in [6.07, 6.45) is -1.89. The van der Waals surface area contributed by atoms with E-state index in [-0.39, 0.29) is 0 Å². The number of rotatable bonds is 6. The lowest BCUT2D eigenvalue weighted by atomic mass is 10.2. The van der Waals surface area contributed by atoms with Gasteiger partial charge in [-0.2, -0.15) is 13.2 Å². The van der Waals surface area contributed by atoms with Gasteiger partial charge in [-0.15, -0.1) is 0 Å². The molecule has 0 heterocycles. The van der Waals surface area contributed by atoms with Gasteiger partial charge in [0, 0.05) is 13.6 Å². The molecule has 0 aliphatic carbocycles.